The lowest BCUT2D eigenvalue weighted by molar-refractivity contribution is 0.168. The van der Waals surface area contributed by atoms with Gasteiger partial charge in [0, 0.05) is 18.6 Å². The number of aryl methyl sites for hydroxylation is 1. The molecule has 0 aromatic heterocycles. The van der Waals surface area contributed by atoms with Crippen LogP contribution in [0.5, 0.6) is 0 Å². The van der Waals surface area contributed by atoms with Crippen LogP contribution in [0.15, 0.2) is 36.4 Å². The van der Waals surface area contributed by atoms with E-state index in [0.29, 0.717) is 12.1 Å². The van der Waals surface area contributed by atoms with E-state index in [1.165, 1.54) is 0 Å². The molecule has 0 amide bonds. The molecule has 2 aromatic rings. The minimum atomic E-state index is -1.34. The molecule has 0 spiro atoms. The van der Waals surface area contributed by atoms with E-state index in [0.717, 1.165) is 11.1 Å². The molecule has 4 heteroatoms. The summed E-state index contributed by atoms with van der Waals surface area (Å²) in [4.78, 5) is 0. The van der Waals surface area contributed by atoms with Gasteiger partial charge in [-0.05, 0) is 12.5 Å². The average Bonchev–Trinajstić information content (AvgIpc) is 2.30. The van der Waals surface area contributed by atoms with Crippen LogP contribution in [0.25, 0.3) is 0 Å². The minimum absolute atomic E-state index is 0.0692. The van der Waals surface area contributed by atoms with Crippen molar-refractivity contribution < 1.29 is 18.3 Å². The lowest BCUT2D eigenvalue weighted by atomic mass is 10.00. The summed E-state index contributed by atoms with van der Waals surface area (Å²) in [5.74, 6) is -3.14. The molecule has 0 saturated carbocycles. The number of hydrogen-bond donors (Lipinski definition) is 1. The standard InChI is InChI=1S/C15H13F3O/c1-9-2-4-10(5-3-9)6-14(19)15-12(17)7-11(16)8-13(15)18/h2-5,7-8,14,19H,6H2,1H3. The second kappa shape index (κ2) is 5.45. The Kier molecular flexibility index (Phi) is 3.90. The number of aliphatic hydroxyl groups is 1. The average molecular weight is 266 g/mol. The van der Waals surface area contributed by atoms with Gasteiger partial charge in [0.1, 0.15) is 17.5 Å². The van der Waals surface area contributed by atoms with Crippen LogP contribution in [0, 0.1) is 24.4 Å². The van der Waals surface area contributed by atoms with E-state index in [4.69, 9.17) is 0 Å². The maximum absolute atomic E-state index is 13.5. The van der Waals surface area contributed by atoms with Gasteiger partial charge >= 0.3 is 0 Å². The fourth-order valence-electron chi connectivity index (χ4n) is 1.92. The van der Waals surface area contributed by atoms with Crippen molar-refractivity contribution in [2.75, 3.05) is 0 Å². The Bertz CT molecular complexity index is 555. The Labute approximate surface area is 109 Å². The van der Waals surface area contributed by atoms with Crippen molar-refractivity contribution in [3.05, 3.63) is 70.5 Å². The molecule has 0 heterocycles. The second-order valence-corrected chi connectivity index (χ2v) is 4.49. The van der Waals surface area contributed by atoms with Crippen LogP contribution in [-0.4, -0.2) is 5.11 Å². The quantitative estimate of drug-likeness (QED) is 0.898. The zero-order valence-corrected chi connectivity index (χ0v) is 10.3. The number of benzene rings is 2. The number of halogens is 3. The summed E-state index contributed by atoms with van der Waals surface area (Å²) in [6.45, 7) is 1.92. The van der Waals surface area contributed by atoms with E-state index in [-0.39, 0.29) is 6.42 Å². The van der Waals surface area contributed by atoms with Crippen LogP contribution in [-0.2, 0) is 6.42 Å². The number of aliphatic hydroxyl groups excluding tert-OH is 1. The molecule has 1 unspecified atom stereocenters. The van der Waals surface area contributed by atoms with Crippen molar-refractivity contribution >= 4 is 0 Å². The van der Waals surface area contributed by atoms with Gasteiger partial charge in [0.15, 0.2) is 0 Å². The summed E-state index contributed by atoms with van der Waals surface area (Å²) >= 11 is 0. The predicted octanol–water partition coefficient (Wildman–Crippen LogP) is 3.69. The Balaban J connectivity index is 2.25. The third-order valence-corrected chi connectivity index (χ3v) is 2.93. The fourth-order valence-corrected chi connectivity index (χ4v) is 1.92. The van der Waals surface area contributed by atoms with Crippen molar-refractivity contribution in [1.29, 1.82) is 0 Å². The molecule has 1 atom stereocenters. The topological polar surface area (TPSA) is 20.2 Å². The molecule has 0 aliphatic rings. The molecule has 2 aromatic carbocycles. The van der Waals surface area contributed by atoms with Crippen molar-refractivity contribution in [1.82, 2.24) is 0 Å². The van der Waals surface area contributed by atoms with E-state index >= 15 is 0 Å². The fraction of sp³-hybridized carbons (Fsp3) is 0.200. The summed E-state index contributed by atoms with van der Waals surface area (Å²) in [5, 5.41) is 9.89. The summed E-state index contributed by atoms with van der Waals surface area (Å²) in [6, 6.07) is 8.38. The maximum Gasteiger partial charge on any atom is 0.134 e. The summed E-state index contributed by atoms with van der Waals surface area (Å²) < 4.78 is 39.8. The monoisotopic (exact) mass is 266 g/mol. The van der Waals surface area contributed by atoms with Gasteiger partial charge in [-0.2, -0.15) is 0 Å². The first-order valence-electron chi connectivity index (χ1n) is 5.85. The van der Waals surface area contributed by atoms with Gasteiger partial charge in [0.05, 0.1) is 11.7 Å². The van der Waals surface area contributed by atoms with Gasteiger partial charge in [-0.25, -0.2) is 13.2 Å². The summed E-state index contributed by atoms with van der Waals surface area (Å²) in [5.41, 5.74) is 1.31. The third kappa shape index (κ3) is 3.15. The normalized spacial score (nSPS) is 12.5. The second-order valence-electron chi connectivity index (χ2n) is 4.49. The van der Waals surface area contributed by atoms with Crippen LogP contribution in [0.2, 0.25) is 0 Å². The highest BCUT2D eigenvalue weighted by Gasteiger charge is 2.19. The Morgan fingerprint density at radius 2 is 1.53 bits per heavy atom. The molecular formula is C15H13F3O. The highest BCUT2D eigenvalue weighted by atomic mass is 19.1. The van der Waals surface area contributed by atoms with Crippen molar-refractivity contribution in [2.24, 2.45) is 0 Å². The summed E-state index contributed by atoms with van der Waals surface area (Å²) in [6.07, 6.45) is -1.27. The van der Waals surface area contributed by atoms with Crippen molar-refractivity contribution in [3.63, 3.8) is 0 Å². The first-order valence-corrected chi connectivity index (χ1v) is 5.85. The first kappa shape index (κ1) is 13.6. The zero-order chi connectivity index (χ0) is 14.0. The Morgan fingerprint density at radius 1 is 1.00 bits per heavy atom. The third-order valence-electron chi connectivity index (χ3n) is 2.93. The molecule has 100 valence electrons. The lowest BCUT2D eigenvalue weighted by Crippen LogP contribution is -2.08. The van der Waals surface area contributed by atoms with Gasteiger partial charge in [-0.3, -0.25) is 0 Å². The molecule has 19 heavy (non-hydrogen) atoms. The molecule has 1 nitrogen and oxygen atoms in total. The lowest BCUT2D eigenvalue weighted by Gasteiger charge is -2.13. The first-order chi connectivity index (χ1) is 8.97. The zero-order valence-electron chi connectivity index (χ0n) is 10.3. The molecule has 2 rings (SSSR count). The molecule has 0 saturated heterocycles. The Hall–Kier alpha value is -1.81. The number of rotatable bonds is 3. The van der Waals surface area contributed by atoms with Crippen LogP contribution in [0.4, 0.5) is 13.2 Å². The molecule has 0 radical (unpaired) electrons. The van der Waals surface area contributed by atoms with Gasteiger partial charge in [0.2, 0.25) is 0 Å². The van der Waals surface area contributed by atoms with Gasteiger partial charge in [-0.1, -0.05) is 29.8 Å². The largest absolute Gasteiger partial charge is 0.388 e. The van der Waals surface area contributed by atoms with Crippen LogP contribution >= 0.6 is 0 Å². The van der Waals surface area contributed by atoms with Crippen molar-refractivity contribution in [2.45, 2.75) is 19.4 Å². The SMILES string of the molecule is Cc1ccc(CC(O)c2c(F)cc(F)cc2F)cc1. The molecular weight excluding hydrogens is 253 g/mol. The van der Waals surface area contributed by atoms with Crippen LogP contribution < -0.4 is 0 Å². The van der Waals surface area contributed by atoms with E-state index in [1.54, 1.807) is 12.1 Å². The van der Waals surface area contributed by atoms with Crippen molar-refractivity contribution in [3.8, 4) is 0 Å². The molecule has 0 aliphatic carbocycles. The van der Waals surface area contributed by atoms with Gasteiger partial charge < -0.3 is 5.11 Å². The molecule has 0 aliphatic heterocycles. The van der Waals surface area contributed by atoms with Gasteiger partial charge in [0.25, 0.3) is 0 Å². The predicted molar refractivity (Wildman–Crippen MR) is 66.2 cm³/mol. The smallest absolute Gasteiger partial charge is 0.134 e. The van der Waals surface area contributed by atoms with E-state index < -0.39 is 29.1 Å². The number of hydrogen-bond acceptors (Lipinski definition) is 1. The summed E-state index contributed by atoms with van der Waals surface area (Å²) in [7, 11) is 0. The molecule has 0 fully saturated rings. The van der Waals surface area contributed by atoms with E-state index in [9.17, 15) is 18.3 Å². The molecule has 1 N–H and O–H groups in total. The Morgan fingerprint density at radius 3 is 2.05 bits per heavy atom. The minimum Gasteiger partial charge on any atom is -0.388 e. The van der Waals surface area contributed by atoms with E-state index in [2.05, 4.69) is 0 Å². The van der Waals surface area contributed by atoms with Crippen LogP contribution in [0.1, 0.15) is 22.8 Å². The van der Waals surface area contributed by atoms with E-state index in [1.807, 2.05) is 19.1 Å². The van der Waals surface area contributed by atoms with Gasteiger partial charge in [-0.15, -0.1) is 0 Å². The highest BCUT2D eigenvalue weighted by molar-refractivity contribution is 5.27. The maximum atomic E-state index is 13.5. The van der Waals surface area contributed by atoms with Crippen LogP contribution in [0.3, 0.4) is 0 Å². The highest BCUT2D eigenvalue weighted by Crippen LogP contribution is 2.25. The molecule has 0 bridgehead atoms.